The Labute approximate surface area is 135 Å². The van der Waals surface area contributed by atoms with Gasteiger partial charge in [-0.15, -0.1) is 0 Å². The fraction of sp³-hybridized carbons (Fsp3) is 0.688. The Kier molecular flexibility index (Phi) is 4.41. The fourth-order valence-corrected chi connectivity index (χ4v) is 3.55. The molecule has 0 aromatic carbocycles. The summed E-state index contributed by atoms with van der Waals surface area (Å²) in [6.07, 6.45) is 5.59. The van der Waals surface area contributed by atoms with Crippen molar-refractivity contribution >= 4 is 21.8 Å². The van der Waals surface area contributed by atoms with Gasteiger partial charge in [0.15, 0.2) is 0 Å². The maximum absolute atomic E-state index is 12.4. The molecule has 1 amide bonds. The first kappa shape index (κ1) is 15.1. The van der Waals surface area contributed by atoms with Crippen molar-refractivity contribution in [1.29, 1.82) is 0 Å². The quantitative estimate of drug-likeness (QED) is 0.883. The highest BCUT2D eigenvalue weighted by molar-refractivity contribution is 9.10. The van der Waals surface area contributed by atoms with Gasteiger partial charge in [0.25, 0.3) is 5.91 Å². The van der Waals surface area contributed by atoms with Gasteiger partial charge >= 0.3 is 0 Å². The van der Waals surface area contributed by atoms with Crippen LogP contribution in [0.15, 0.2) is 16.7 Å². The van der Waals surface area contributed by atoms with Gasteiger partial charge in [-0.1, -0.05) is 0 Å². The van der Waals surface area contributed by atoms with E-state index in [-0.39, 0.29) is 5.91 Å². The van der Waals surface area contributed by atoms with Crippen molar-refractivity contribution in [3.63, 3.8) is 0 Å². The first-order valence-corrected chi connectivity index (χ1v) is 8.73. The normalized spacial score (nSPS) is 23.0. The molecule has 116 valence electrons. The number of aromatic nitrogens is 1. The number of halogens is 1. The zero-order chi connectivity index (χ0) is 15.0. The molecular formula is C16H24BrN3O. The minimum absolute atomic E-state index is 0.0654. The van der Waals surface area contributed by atoms with E-state index in [1.165, 1.54) is 19.3 Å². The molecule has 2 heterocycles. The standard InChI is InChI=1S/C16H24BrN3O/c1-11(2)19-6-5-12(9-19)8-18-16(21)15-7-13(17)10-20(15)14-3-4-14/h7,10-12,14H,3-6,8-9H2,1-2H3,(H,18,21). The van der Waals surface area contributed by atoms with Crippen LogP contribution in [0.3, 0.4) is 0 Å². The highest BCUT2D eigenvalue weighted by Gasteiger charge is 2.29. The van der Waals surface area contributed by atoms with Crippen LogP contribution in [0, 0.1) is 5.92 Å². The zero-order valence-corrected chi connectivity index (χ0v) is 14.4. The minimum atomic E-state index is 0.0654. The molecule has 2 aliphatic rings. The van der Waals surface area contributed by atoms with Crippen molar-refractivity contribution in [2.24, 2.45) is 5.92 Å². The number of hydrogen-bond donors (Lipinski definition) is 1. The van der Waals surface area contributed by atoms with Gasteiger partial charge in [-0.3, -0.25) is 4.79 Å². The molecule has 1 saturated carbocycles. The van der Waals surface area contributed by atoms with Crippen molar-refractivity contribution in [2.45, 2.75) is 45.2 Å². The third kappa shape index (κ3) is 3.51. The van der Waals surface area contributed by atoms with Gasteiger partial charge in [0.1, 0.15) is 5.69 Å². The monoisotopic (exact) mass is 353 g/mol. The molecule has 1 aliphatic heterocycles. The second kappa shape index (κ2) is 6.13. The van der Waals surface area contributed by atoms with Crippen molar-refractivity contribution in [2.75, 3.05) is 19.6 Å². The van der Waals surface area contributed by atoms with Crippen molar-refractivity contribution in [3.05, 3.63) is 22.4 Å². The number of carbonyl (C=O) groups is 1. The van der Waals surface area contributed by atoms with E-state index in [1.54, 1.807) is 0 Å². The Balaban J connectivity index is 1.55. The second-order valence-electron chi connectivity index (χ2n) is 6.64. The Morgan fingerprint density at radius 3 is 2.81 bits per heavy atom. The first-order chi connectivity index (χ1) is 10.0. The smallest absolute Gasteiger partial charge is 0.267 e. The summed E-state index contributed by atoms with van der Waals surface area (Å²) in [5.41, 5.74) is 0.795. The third-order valence-corrected chi connectivity index (χ3v) is 5.02. The maximum atomic E-state index is 12.4. The van der Waals surface area contributed by atoms with E-state index in [9.17, 15) is 4.79 Å². The molecule has 2 fully saturated rings. The topological polar surface area (TPSA) is 37.3 Å². The fourth-order valence-electron chi connectivity index (χ4n) is 3.11. The van der Waals surface area contributed by atoms with E-state index >= 15 is 0 Å². The average Bonchev–Trinajstić information content (AvgIpc) is 3.04. The maximum Gasteiger partial charge on any atom is 0.267 e. The van der Waals surface area contributed by atoms with Crippen LogP contribution in [0.25, 0.3) is 0 Å². The van der Waals surface area contributed by atoms with Gasteiger partial charge in [0.2, 0.25) is 0 Å². The molecule has 1 aromatic heterocycles. The Hall–Kier alpha value is -0.810. The lowest BCUT2D eigenvalue weighted by molar-refractivity contribution is 0.0937. The van der Waals surface area contributed by atoms with Crippen LogP contribution in [-0.2, 0) is 0 Å². The number of rotatable bonds is 5. The summed E-state index contributed by atoms with van der Waals surface area (Å²) in [6.45, 7) is 7.52. The molecule has 0 radical (unpaired) electrons. The van der Waals surface area contributed by atoms with Crippen LogP contribution >= 0.6 is 15.9 Å². The molecule has 1 aliphatic carbocycles. The molecule has 21 heavy (non-hydrogen) atoms. The summed E-state index contributed by atoms with van der Waals surface area (Å²) in [7, 11) is 0. The van der Waals surface area contributed by atoms with Gasteiger partial charge in [-0.2, -0.15) is 0 Å². The van der Waals surface area contributed by atoms with Gasteiger partial charge in [-0.25, -0.2) is 0 Å². The summed E-state index contributed by atoms with van der Waals surface area (Å²) in [6, 6.07) is 3.07. The van der Waals surface area contributed by atoms with Crippen LogP contribution in [-0.4, -0.2) is 41.1 Å². The lowest BCUT2D eigenvalue weighted by Crippen LogP contribution is -2.33. The highest BCUT2D eigenvalue weighted by atomic mass is 79.9. The van der Waals surface area contributed by atoms with Crippen LogP contribution in [0.1, 0.15) is 49.6 Å². The second-order valence-corrected chi connectivity index (χ2v) is 7.55. The molecule has 1 aromatic rings. The molecule has 3 rings (SSSR count). The van der Waals surface area contributed by atoms with E-state index in [0.717, 1.165) is 29.8 Å². The van der Waals surface area contributed by atoms with Gasteiger partial charge in [0.05, 0.1) is 0 Å². The Morgan fingerprint density at radius 1 is 1.43 bits per heavy atom. The summed E-state index contributed by atoms with van der Waals surface area (Å²) in [4.78, 5) is 14.9. The third-order valence-electron chi connectivity index (χ3n) is 4.59. The largest absolute Gasteiger partial charge is 0.350 e. The SMILES string of the molecule is CC(C)N1CCC(CNC(=O)c2cc(Br)cn2C2CC2)C1. The highest BCUT2D eigenvalue weighted by Crippen LogP contribution is 2.37. The lowest BCUT2D eigenvalue weighted by atomic mass is 10.1. The molecule has 5 heteroatoms. The molecule has 0 spiro atoms. The predicted molar refractivity (Wildman–Crippen MR) is 87.6 cm³/mol. The van der Waals surface area contributed by atoms with Crippen LogP contribution < -0.4 is 5.32 Å². The number of nitrogens with zero attached hydrogens (tertiary/aromatic N) is 2. The summed E-state index contributed by atoms with van der Waals surface area (Å²) < 4.78 is 3.11. The van der Waals surface area contributed by atoms with Gasteiger partial charge in [0, 0.05) is 35.8 Å². The van der Waals surface area contributed by atoms with Crippen molar-refractivity contribution in [1.82, 2.24) is 14.8 Å². The first-order valence-electron chi connectivity index (χ1n) is 7.94. The number of hydrogen-bond acceptors (Lipinski definition) is 2. The number of nitrogens with one attached hydrogen (secondary N) is 1. The molecule has 1 N–H and O–H groups in total. The summed E-state index contributed by atoms with van der Waals surface area (Å²) >= 11 is 3.48. The van der Waals surface area contributed by atoms with E-state index in [2.05, 4.69) is 44.6 Å². The van der Waals surface area contributed by atoms with E-state index < -0.39 is 0 Å². The van der Waals surface area contributed by atoms with E-state index in [0.29, 0.717) is 18.0 Å². The van der Waals surface area contributed by atoms with Crippen LogP contribution in [0.5, 0.6) is 0 Å². The molecule has 1 atom stereocenters. The minimum Gasteiger partial charge on any atom is -0.350 e. The van der Waals surface area contributed by atoms with Gasteiger partial charge in [-0.05, 0) is 67.6 Å². The predicted octanol–water partition coefficient (Wildman–Crippen LogP) is 3.05. The van der Waals surface area contributed by atoms with E-state index in [4.69, 9.17) is 0 Å². The molecular weight excluding hydrogens is 330 g/mol. The van der Waals surface area contributed by atoms with Crippen molar-refractivity contribution in [3.8, 4) is 0 Å². The van der Waals surface area contributed by atoms with Gasteiger partial charge < -0.3 is 14.8 Å². The molecule has 0 bridgehead atoms. The summed E-state index contributed by atoms with van der Waals surface area (Å²) in [5.74, 6) is 0.653. The number of likely N-dealkylation sites (tertiary alicyclic amines) is 1. The van der Waals surface area contributed by atoms with E-state index in [1.807, 2.05) is 12.3 Å². The lowest BCUT2D eigenvalue weighted by Gasteiger charge is -2.20. The summed E-state index contributed by atoms with van der Waals surface area (Å²) in [5, 5.41) is 3.13. The molecule has 1 unspecified atom stereocenters. The Morgan fingerprint density at radius 2 is 2.19 bits per heavy atom. The van der Waals surface area contributed by atoms with Crippen LogP contribution in [0.4, 0.5) is 0 Å². The van der Waals surface area contributed by atoms with Crippen molar-refractivity contribution < 1.29 is 4.79 Å². The Bertz CT molecular complexity index is 522. The zero-order valence-electron chi connectivity index (χ0n) is 12.8. The van der Waals surface area contributed by atoms with Crippen LogP contribution in [0.2, 0.25) is 0 Å². The average molecular weight is 354 g/mol. The number of carbonyl (C=O) groups excluding carboxylic acids is 1. The molecule has 1 saturated heterocycles. The number of amides is 1. The molecule has 4 nitrogen and oxygen atoms in total.